The van der Waals surface area contributed by atoms with E-state index in [-0.39, 0.29) is 0 Å². The van der Waals surface area contributed by atoms with Crippen LogP contribution in [0.4, 0.5) is 0 Å². The molecule has 0 N–H and O–H groups in total. The Morgan fingerprint density at radius 3 is 1.84 bits per heavy atom. The second-order valence-corrected chi connectivity index (χ2v) is 9.78. The predicted molar refractivity (Wildman–Crippen MR) is 159 cm³/mol. The van der Waals surface area contributed by atoms with E-state index >= 15 is 0 Å². The van der Waals surface area contributed by atoms with Crippen LogP contribution in [0, 0.1) is 0 Å². The van der Waals surface area contributed by atoms with E-state index in [9.17, 15) is 0 Å². The van der Waals surface area contributed by atoms with E-state index in [0.717, 1.165) is 0 Å². The van der Waals surface area contributed by atoms with Gasteiger partial charge < -0.3 is 4.57 Å². The van der Waals surface area contributed by atoms with E-state index in [2.05, 4.69) is 144 Å². The van der Waals surface area contributed by atoms with Crippen molar-refractivity contribution in [2.24, 2.45) is 0 Å². The molecule has 0 bridgehead atoms. The number of hydrogen-bond donors (Lipinski definition) is 0. The van der Waals surface area contributed by atoms with Crippen LogP contribution in [0.1, 0.15) is 0 Å². The second kappa shape index (κ2) is 7.81. The minimum atomic E-state index is 1.18. The van der Waals surface area contributed by atoms with Gasteiger partial charge in [0.15, 0.2) is 0 Å². The Kier molecular flexibility index (Phi) is 4.29. The molecule has 1 heteroatoms. The van der Waals surface area contributed by atoms with Gasteiger partial charge in [-0.15, -0.1) is 0 Å². The summed E-state index contributed by atoms with van der Waals surface area (Å²) in [5, 5.41) is 10.2. The molecule has 0 spiro atoms. The Morgan fingerprint density at radius 1 is 0.405 bits per heavy atom. The molecule has 0 radical (unpaired) electrons. The molecule has 0 saturated heterocycles. The van der Waals surface area contributed by atoms with Gasteiger partial charge in [-0.1, -0.05) is 121 Å². The molecule has 8 aromatic rings. The number of hydrogen-bond acceptors (Lipinski definition) is 0. The lowest BCUT2D eigenvalue weighted by Crippen LogP contribution is -1.96. The minimum Gasteiger partial charge on any atom is -0.309 e. The molecule has 1 heterocycles. The highest BCUT2D eigenvalue weighted by Gasteiger charge is 2.18. The van der Waals surface area contributed by atoms with Crippen LogP contribution in [0.5, 0.6) is 0 Å². The monoisotopic (exact) mass is 469 g/mol. The summed E-state index contributed by atoms with van der Waals surface area (Å²) in [7, 11) is 0. The zero-order valence-corrected chi connectivity index (χ0v) is 20.2. The van der Waals surface area contributed by atoms with Crippen molar-refractivity contribution in [2.45, 2.75) is 0 Å². The third-order valence-corrected chi connectivity index (χ3v) is 7.73. The Hall–Kier alpha value is -4.88. The van der Waals surface area contributed by atoms with Crippen LogP contribution in [0.15, 0.2) is 140 Å². The highest BCUT2D eigenvalue weighted by molar-refractivity contribution is 6.26. The molecule has 0 unspecified atom stereocenters. The van der Waals surface area contributed by atoms with Gasteiger partial charge in [0, 0.05) is 21.8 Å². The highest BCUT2D eigenvalue weighted by atomic mass is 15.0. The Morgan fingerprint density at radius 2 is 1.03 bits per heavy atom. The van der Waals surface area contributed by atoms with E-state index in [1.54, 1.807) is 0 Å². The molecule has 0 aliphatic heterocycles. The largest absolute Gasteiger partial charge is 0.309 e. The number of benzene rings is 7. The third-order valence-electron chi connectivity index (χ3n) is 7.73. The SMILES string of the molecule is c1ccc(-c2cc(-n3c4ccc5ccccc5c4c4ccc5ccccc5c43)cc3ccccc23)cc1. The summed E-state index contributed by atoms with van der Waals surface area (Å²) < 4.78 is 2.48. The molecule has 1 nitrogen and oxygen atoms in total. The van der Waals surface area contributed by atoms with Gasteiger partial charge >= 0.3 is 0 Å². The maximum atomic E-state index is 2.48. The van der Waals surface area contributed by atoms with E-state index in [1.807, 2.05) is 0 Å². The maximum Gasteiger partial charge on any atom is 0.0619 e. The van der Waals surface area contributed by atoms with Gasteiger partial charge in [-0.2, -0.15) is 0 Å². The lowest BCUT2D eigenvalue weighted by atomic mass is 9.97. The summed E-state index contributed by atoms with van der Waals surface area (Å²) in [5.74, 6) is 0. The number of nitrogens with zero attached hydrogens (tertiary/aromatic N) is 1. The first-order valence-electron chi connectivity index (χ1n) is 12.8. The van der Waals surface area contributed by atoms with Crippen molar-refractivity contribution in [1.82, 2.24) is 4.57 Å². The molecular weight excluding hydrogens is 446 g/mol. The predicted octanol–water partition coefficient (Wildman–Crippen LogP) is 9.91. The molecule has 172 valence electrons. The summed E-state index contributed by atoms with van der Waals surface area (Å²) in [6.07, 6.45) is 0. The first kappa shape index (κ1) is 20.3. The molecule has 0 aliphatic rings. The van der Waals surface area contributed by atoms with Crippen LogP contribution in [0.2, 0.25) is 0 Å². The molecule has 0 amide bonds. The summed E-state index contributed by atoms with van der Waals surface area (Å²) in [5.41, 5.74) is 6.17. The van der Waals surface area contributed by atoms with Crippen LogP contribution in [-0.4, -0.2) is 4.57 Å². The average molecular weight is 470 g/mol. The third kappa shape index (κ3) is 2.98. The molecule has 37 heavy (non-hydrogen) atoms. The quantitative estimate of drug-likeness (QED) is 0.237. The fraction of sp³-hybridized carbons (Fsp3) is 0. The summed E-state index contributed by atoms with van der Waals surface area (Å²) >= 11 is 0. The minimum absolute atomic E-state index is 1.18. The molecule has 0 aliphatic carbocycles. The zero-order chi connectivity index (χ0) is 24.3. The van der Waals surface area contributed by atoms with Gasteiger partial charge in [-0.3, -0.25) is 0 Å². The fourth-order valence-electron chi connectivity index (χ4n) is 6.10. The Balaban J connectivity index is 1.60. The van der Waals surface area contributed by atoms with Crippen LogP contribution < -0.4 is 0 Å². The van der Waals surface area contributed by atoms with Gasteiger partial charge in [0.25, 0.3) is 0 Å². The lowest BCUT2D eigenvalue weighted by Gasteiger charge is -2.15. The topological polar surface area (TPSA) is 4.93 Å². The molecular formula is C36H23N. The van der Waals surface area contributed by atoms with Crippen molar-refractivity contribution in [1.29, 1.82) is 0 Å². The summed E-state index contributed by atoms with van der Waals surface area (Å²) in [4.78, 5) is 0. The van der Waals surface area contributed by atoms with Crippen LogP contribution in [0.25, 0.3) is 70.9 Å². The van der Waals surface area contributed by atoms with Gasteiger partial charge in [0.2, 0.25) is 0 Å². The van der Waals surface area contributed by atoms with Crippen LogP contribution >= 0.6 is 0 Å². The first-order chi connectivity index (χ1) is 18.4. The lowest BCUT2D eigenvalue weighted by molar-refractivity contribution is 1.19. The van der Waals surface area contributed by atoms with Gasteiger partial charge in [0.1, 0.15) is 0 Å². The molecule has 7 aromatic carbocycles. The number of aromatic nitrogens is 1. The van der Waals surface area contributed by atoms with Crippen molar-refractivity contribution >= 4 is 54.1 Å². The second-order valence-electron chi connectivity index (χ2n) is 9.78. The first-order valence-corrected chi connectivity index (χ1v) is 12.8. The van der Waals surface area contributed by atoms with E-state index in [1.165, 1.54) is 70.9 Å². The highest BCUT2D eigenvalue weighted by Crippen LogP contribution is 2.41. The smallest absolute Gasteiger partial charge is 0.0619 e. The fourth-order valence-corrected chi connectivity index (χ4v) is 6.10. The van der Waals surface area contributed by atoms with Gasteiger partial charge in [0.05, 0.1) is 11.0 Å². The molecule has 0 atom stereocenters. The number of rotatable bonds is 2. The van der Waals surface area contributed by atoms with Crippen LogP contribution in [-0.2, 0) is 0 Å². The number of fused-ring (bicyclic) bond motifs is 8. The van der Waals surface area contributed by atoms with Crippen LogP contribution in [0.3, 0.4) is 0 Å². The van der Waals surface area contributed by atoms with Gasteiger partial charge in [-0.25, -0.2) is 0 Å². The van der Waals surface area contributed by atoms with Crippen molar-refractivity contribution in [2.75, 3.05) is 0 Å². The summed E-state index contributed by atoms with van der Waals surface area (Å²) in [6, 6.07) is 50.8. The van der Waals surface area contributed by atoms with Crippen molar-refractivity contribution < 1.29 is 0 Å². The zero-order valence-electron chi connectivity index (χ0n) is 20.2. The van der Waals surface area contributed by atoms with E-state index in [0.29, 0.717) is 0 Å². The Bertz CT molecular complexity index is 2130. The van der Waals surface area contributed by atoms with Crippen molar-refractivity contribution in [3.05, 3.63) is 140 Å². The summed E-state index contributed by atoms with van der Waals surface area (Å²) in [6.45, 7) is 0. The standard InChI is InChI=1S/C36H23N/c1-2-10-24(11-3-1)33-23-28(22-27-14-6-7-15-29(27)33)37-34-21-19-25-12-4-8-16-30(25)35(34)32-20-18-26-13-5-9-17-31(26)36(32)37/h1-23H. The normalized spacial score (nSPS) is 11.8. The molecule has 1 aromatic heterocycles. The Labute approximate surface area is 214 Å². The van der Waals surface area contributed by atoms with E-state index in [4.69, 9.17) is 0 Å². The maximum absolute atomic E-state index is 2.48. The van der Waals surface area contributed by atoms with Crippen molar-refractivity contribution in [3.8, 4) is 16.8 Å². The molecule has 0 fully saturated rings. The van der Waals surface area contributed by atoms with Gasteiger partial charge in [-0.05, 0) is 56.3 Å². The average Bonchev–Trinajstić information content (AvgIpc) is 3.32. The van der Waals surface area contributed by atoms with E-state index < -0.39 is 0 Å². The molecule has 8 rings (SSSR count). The molecule has 0 saturated carbocycles. The van der Waals surface area contributed by atoms with Crippen molar-refractivity contribution in [3.63, 3.8) is 0 Å².